The first-order valence-electron chi connectivity index (χ1n) is 7.95. The highest BCUT2D eigenvalue weighted by Gasteiger charge is 2.21. The fourth-order valence-electron chi connectivity index (χ4n) is 2.99. The minimum atomic E-state index is -0.0658. The highest BCUT2D eigenvalue weighted by molar-refractivity contribution is 6.31. The molecule has 0 spiro atoms. The Kier molecular flexibility index (Phi) is 5.40. The lowest BCUT2D eigenvalue weighted by molar-refractivity contribution is 0.355. The van der Waals surface area contributed by atoms with Crippen molar-refractivity contribution in [3.63, 3.8) is 0 Å². The van der Waals surface area contributed by atoms with E-state index in [-0.39, 0.29) is 5.38 Å². The Morgan fingerprint density at radius 1 is 1.08 bits per heavy atom. The first-order chi connectivity index (χ1) is 12.0. The molecular weight excluding hydrogens is 359 g/mol. The molecule has 25 heavy (non-hydrogen) atoms. The molecule has 2 aromatic carbocycles. The summed E-state index contributed by atoms with van der Waals surface area (Å²) in [7, 11) is 5.27. The minimum Gasteiger partial charge on any atom is -0.493 e. The van der Waals surface area contributed by atoms with Crippen LogP contribution in [0.4, 0.5) is 5.69 Å². The molecule has 6 heteroatoms. The highest BCUT2D eigenvalue weighted by Crippen LogP contribution is 2.32. The van der Waals surface area contributed by atoms with E-state index in [1.54, 1.807) is 14.2 Å². The molecule has 2 aromatic rings. The van der Waals surface area contributed by atoms with Gasteiger partial charge in [0, 0.05) is 35.4 Å². The Bertz CT molecular complexity index is 808. The van der Waals surface area contributed by atoms with Crippen LogP contribution < -0.4 is 14.4 Å². The van der Waals surface area contributed by atoms with Gasteiger partial charge in [-0.25, -0.2) is 0 Å². The van der Waals surface area contributed by atoms with Crippen LogP contribution in [0.5, 0.6) is 11.5 Å². The van der Waals surface area contributed by atoms with Crippen LogP contribution in [0.3, 0.4) is 0 Å². The number of ether oxygens (including phenoxy) is 2. The van der Waals surface area contributed by atoms with Crippen LogP contribution in [0.1, 0.15) is 11.1 Å². The molecule has 0 fully saturated rings. The van der Waals surface area contributed by atoms with Crippen LogP contribution in [0, 0.1) is 0 Å². The summed E-state index contributed by atoms with van der Waals surface area (Å²) in [5, 5.41) is 0.604. The molecule has 4 nitrogen and oxygen atoms in total. The van der Waals surface area contributed by atoms with E-state index in [1.807, 2.05) is 43.4 Å². The molecule has 1 atom stereocenters. The van der Waals surface area contributed by atoms with Crippen molar-refractivity contribution < 1.29 is 9.47 Å². The fourth-order valence-corrected chi connectivity index (χ4v) is 3.44. The zero-order valence-electron chi connectivity index (χ0n) is 14.4. The van der Waals surface area contributed by atoms with Crippen molar-refractivity contribution in [1.29, 1.82) is 0 Å². The van der Waals surface area contributed by atoms with Crippen molar-refractivity contribution in [2.24, 2.45) is 4.99 Å². The number of fused-ring (bicyclic) bond motifs is 1. The molecular formula is C19H20Cl2N2O2. The van der Waals surface area contributed by atoms with E-state index in [0.717, 1.165) is 29.1 Å². The molecule has 1 aliphatic heterocycles. The second-order valence-corrected chi connectivity index (χ2v) is 6.95. The molecule has 0 aliphatic carbocycles. The van der Waals surface area contributed by atoms with Gasteiger partial charge in [-0.05, 0) is 36.4 Å². The summed E-state index contributed by atoms with van der Waals surface area (Å²) in [6, 6.07) is 11.6. The number of nitrogens with zero attached hydrogens (tertiary/aromatic N) is 2. The van der Waals surface area contributed by atoms with Crippen molar-refractivity contribution >= 4 is 34.6 Å². The van der Waals surface area contributed by atoms with Gasteiger partial charge in [0.05, 0.1) is 31.9 Å². The molecule has 3 rings (SSSR count). The van der Waals surface area contributed by atoms with Gasteiger partial charge in [-0.3, -0.25) is 4.99 Å². The Labute approximate surface area is 158 Å². The van der Waals surface area contributed by atoms with Crippen LogP contribution in [0.2, 0.25) is 5.02 Å². The quantitative estimate of drug-likeness (QED) is 0.748. The summed E-state index contributed by atoms with van der Waals surface area (Å²) < 4.78 is 10.8. The number of anilines is 1. The summed E-state index contributed by atoms with van der Waals surface area (Å²) >= 11 is 12.7. The van der Waals surface area contributed by atoms with Crippen LogP contribution in [0.25, 0.3) is 0 Å². The summed E-state index contributed by atoms with van der Waals surface area (Å²) in [6.07, 6.45) is 0. The third-order valence-electron chi connectivity index (χ3n) is 4.20. The van der Waals surface area contributed by atoms with Crippen molar-refractivity contribution in [1.82, 2.24) is 0 Å². The Morgan fingerprint density at radius 2 is 1.84 bits per heavy atom. The van der Waals surface area contributed by atoms with E-state index >= 15 is 0 Å². The maximum atomic E-state index is 6.43. The number of aliphatic imine (C=N–C) groups is 1. The molecule has 0 N–H and O–H groups in total. The summed E-state index contributed by atoms with van der Waals surface area (Å²) in [6.45, 7) is 1.25. The smallest absolute Gasteiger partial charge is 0.161 e. The molecule has 0 aromatic heterocycles. The van der Waals surface area contributed by atoms with Gasteiger partial charge in [0.2, 0.25) is 0 Å². The van der Waals surface area contributed by atoms with Crippen molar-refractivity contribution in [2.45, 2.75) is 5.38 Å². The van der Waals surface area contributed by atoms with Gasteiger partial charge in [-0.2, -0.15) is 0 Å². The van der Waals surface area contributed by atoms with Crippen molar-refractivity contribution in [3.8, 4) is 11.5 Å². The first-order valence-corrected chi connectivity index (χ1v) is 8.77. The maximum Gasteiger partial charge on any atom is 0.161 e. The van der Waals surface area contributed by atoms with Crippen LogP contribution in [-0.4, -0.2) is 45.4 Å². The summed E-state index contributed by atoms with van der Waals surface area (Å²) in [5.41, 5.74) is 3.80. The molecule has 1 unspecified atom stereocenters. The molecule has 0 amide bonds. The lowest BCUT2D eigenvalue weighted by Crippen LogP contribution is -2.31. The summed E-state index contributed by atoms with van der Waals surface area (Å²) in [4.78, 5) is 6.92. The molecule has 0 saturated heterocycles. The highest BCUT2D eigenvalue weighted by atomic mass is 35.5. The largest absolute Gasteiger partial charge is 0.493 e. The van der Waals surface area contributed by atoms with Gasteiger partial charge >= 0.3 is 0 Å². The van der Waals surface area contributed by atoms with Crippen LogP contribution in [-0.2, 0) is 0 Å². The number of methoxy groups -OCH3 is 2. The predicted octanol–water partition coefficient (Wildman–Crippen LogP) is 4.25. The van der Waals surface area contributed by atoms with E-state index in [0.29, 0.717) is 23.1 Å². The van der Waals surface area contributed by atoms with Gasteiger partial charge in [0.25, 0.3) is 0 Å². The summed E-state index contributed by atoms with van der Waals surface area (Å²) in [5.74, 6) is 1.33. The maximum absolute atomic E-state index is 6.43. The average molecular weight is 379 g/mol. The molecule has 0 radical (unpaired) electrons. The Morgan fingerprint density at radius 3 is 2.56 bits per heavy atom. The van der Waals surface area contributed by atoms with E-state index in [4.69, 9.17) is 37.7 Å². The molecule has 0 bridgehead atoms. The number of benzene rings is 2. The standard InChI is InChI=1S/C19H20Cl2N2O2/c1-23-11-14(21)10-22-19(15-9-13(20)5-6-16(15)23)12-4-7-17(24-2)18(8-12)25-3/h4-9,14H,10-11H2,1-3H3/b22-19-. The number of halogens is 2. The van der Waals surface area contributed by atoms with Crippen molar-refractivity contribution in [3.05, 3.63) is 52.5 Å². The molecule has 1 heterocycles. The van der Waals surface area contributed by atoms with E-state index < -0.39 is 0 Å². The lowest BCUT2D eigenvalue weighted by Gasteiger charge is -2.27. The first kappa shape index (κ1) is 17.9. The van der Waals surface area contributed by atoms with Crippen molar-refractivity contribution in [2.75, 3.05) is 39.3 Å². The monoisotopic (exact) mass is 378 g/mol. The Balaban J connectivity index is 2.18. The van der Waals surface area contributed by atoms with E-state index in [2.05, 4.69) is 4.90 Å². The number of alkyl halides is 1. The zero-order chi connectivity index (χ0) is 18.0. The zero-order valence-corrected chi connectivity index (χ0v) is 15.9. The number of hydrogen-bond donors (Lipinski definition) is 0. The normalized spacial score (nSPS) is 19.3. The Hall–Kier alpha value is -1.91. The third-order valence-corrected chi connectivity index (χ3v) is 4.71. The lowest BCUT2D eigenvalue weighted by atomic mass is 9.98. The van der Waals surface area contributed by atoms with Gasteiger partial charge in [-0.15, -0.1) is 11.6 Å². The molecule has 0 saturated carbocycles. The van der Waals surface area contributed by atoms with Gasteiger partial charge in [-0.1, -0.05) is 11.6 Å². The average Bonchev–Trinajstić information content (AvgIpc) is 2.60. The van der Waals surface area contributed by atoms with E-state index in [9.17, 15) is 0 Å². The minimum absolute atomic E-state index is 0.0658. The SMILES string of the molecule is COc1ccc(/C2=N/CC(Cl)CN(C)c3ccc(Cl)cc32)cc1OC. The van der Waals surface area contributed by atoms with Crippen LogP contribution >= 0.6 is 23.2 Å². The number of rotatable bonds is 3. The topological polar surface area (TPSA) is 34.1 Å². The van der Waals surface area contributed by atoms with Gasteiger partial charge in [0.1, 0.15) is 0 Å². The number of hydrogen-bond acceptors (Lipinski definition) is 4. The second kappa shape index (κ2) is 7.54. The molecule has 1 aliphatic rings. The van der Waals surface area contributed by atoms with Crippen LogP contribution in [0.15, 0.2) is 41.4 Å². The van der Waals surface area contributed by atoms with Gasteiger partial charge < -0.3 is 14.4 Å². The fraction of sp³-hybridized carbons (Fsp3) is 0.316. The second-order valence-electron chi connectivity index (χ2n) is 5.90. The third kappa shape index (κ3) is 3.70. The van der Waals surface area contributed by atoms with Gasteiger partial charge in [0.15, 0.2) is 11.5 Å². The predicted molar refractivity (Wildman–Crippen MR) is 104 cm³/mol. The molecule has 132 valence electrons. The van der Waals surface area contributed by atoms with E-state index in [1.165, 1.54) is 0 Å².